The number of nitrogens with zero attached hydrogens (tertiary/aromatic N) is 3. The fourth-order valence-electron chi connectivity index (χ4n) is 3.84. The maximum absolute atomic E-state index is 13.3. The Morgan fingerprint density at radius 1 is 1.19 bits per heavy atom. The van der Waals surface area contributed by atoms with Gasteiger partial charge in [-0.1, -0.05) is 6.92 Å². The van der Waals surface area contributed by atoms with Gasteiger partial charge in [0.25, 0.3) is 0 Å². The fourth-order valence-corrected chi connectivity index (χ4v) is 3.84. The Balaban J connectivity index is 1.69. The lowest BCUT2D eigenvalue weighted by molar-refractivity contribution is -0.161. The van der Waals surface area contributed by atoms with Gasteiger partial charge in [-0.15, -0.1) is 0 Å². The number of aromatic nitrogens is 2. The molecular weight excluding hydrogens is 504 g/mol. The molecule has 1 saturated heterocycles. The van der Waals surface area contributed by atoms with Crippen LogP contribution in [0.3, 0.4) is 0 Å². The largest absolute Gasteiger partial charge is 0.461 e. The Labute approximate surface area is 206 Å². The van der Waals surface area contributed by atoms with Gasteiger partial charge in [-0.25, -0.2) is 9.78 Å². The van der Waals surface area contributed by atoms with Crippen LogP contribution in [0.2, 0.25) is 0 Å². The number of fused-ring (bicyclic) bond motifs is 1. The SMILES string of the molecule is CC1(COC(=O)/C(C#N)=C/c2cn(Cc3cc(C(F)(F)F)cc(C(F)(F)F)c3)c3ncccc23)COC1. The Kier molecular flexibility index (Phi) is 6.77. The van der Waals surface area contributed by atoms with E-state index in [1.165, 1.54) is 23.0 Å². The number of carbonyl (C=O) groups excluding carboxylic acids is 1. The molecule has 0 amide bonds. The maximum Gasteiger partial charge on any atom is 0.416 e. The molecule has 1 aromatic carbocycles. The number of alkyl halides is 6. The molecule has 3 aromatic rings. The van der Waals surface area contributed by atoms with Gasteiger partial charge in [0.15, 0.2) is 0 Å². The number of carbonyl (C=O) groups is 1. The van der Waals surface area contributed by atoms with E-state index in [0.29, 0.717) is 36.3 Å². The van der Waals surface area contributed by atoms with Crippen LogP contribution in [0.4, 0.5) is 26.3 Å². The van der Waals surface area contributed by atoms with Gasteiger partial charge in [0, 0.05) is 35.3 Å². The monoisotopic (exact) mass is 523 g/mol. The Morgan fingerprint density at radius 3 is 2.38 bits per heavy atom. The highest BCUT2D eigenvalue weighted by Gasteiger charge is 2.37. The molecule has 0 bridgehead atoms. The average Bonchev–Trinajstić information content (AvgIpc) is 3.15. The lowest BCUT2D eigenvalue weighted by Crippen LogP contribution is -2.44. The van der Waals surface area contributed by atoms with Crippen LogP contribution in [0.25, 0.3) is 17.1 Å². The molecule has 12 heteroatoms. The molecule has 0 spiro atoms. The molecule has 0 saturated carbocycles. The van der Waals surface area contributed by atoms with Crippen LogP contribution in [0.1, 0.15) is 29.2 Å². The van der Waals surface area contributed by atoms with Crippen LogP contribution >= 0.6 is 0 Å². The highest BCUT2D eigenvalue weighted by atomic mass is 19.4. The van der Waals surface area contributed by atoms with E-state index in [1.54, 1.807) is 18.2 Å². The third kappa shape index (κ3) is 5.77. The number of hydrogen-bond acceptors (Lipinski definition) is 5. The highest BCUT2D eigenvalue weighted by molar-refractivity contribution is 6.00. The first-order valence-electron chi connectivity index (χ1n) is 10.9. The first-order valence-corrected chi connectivity index (χ1v) is 10.9. The second-order valence-electron chi connectivity index (χ2n) is 9.05. The number of hydrogen-bond donors (Lipinski definition) is 0. The van der Waals surface area contributed by atoms with Crippen LogP contribution in [-0.4, -0.2) is 35.3 Å². The maximum atomic E-state index is 13.3. The first kappa shape index (κ1) is 26.2. The second kappa shape index (κ2) is 9.55. The molecule has 2 aromatic heterocycles. The van der Waals surface area contributed by atoms with E-state index in [4.69, 9.17) is 9.47 Å². The van der Waals surface area contributed by atoms with Gasteiger partial charge >= 0.3 is 18.3 Å². The smallest absolute Gasteiger partial charge is 0.416 e. The molecule has 0 atom stereocenters. The topological polar surface area (TPSA) is 77.1 Å². The van der Waals surface area contributed by atoms with Crippen molar-refractivity contribution < 1.29 is 40.6 Å². The molecule has 1 fully saturated rings. The molecule has 0 N–H and O–H groups in total. The predicted molar refractivity (Wildman–Crippen MR) is 119 cm³/mol. The number of nitriles is 1. The van der Waals surface area contributed by atoms with Crippen molar-refractivity contribution in [3.05, 3.63) is 70.6 Å². The zero-order chi connectivity index (χ0) is 27.0. The van der Waals surface area contributed by atoms with Gasteiger partial charge < -0.3 is 14.0 Å². The van der Waals surface area contributed by atoms with Gasteiger partial charge in [0.2, 0.25) is 0 Å². The summed E-state index contributed by atoms with van der Waals surface area (Å²) in [7, 11) is 0. The summed E-state index contributed by atoms with van der Waals surface area (Å²) in [5.74, 6) is -0.867. The van der Waals surface area contributed by atoms with E-state index in [0.717, 1.165) is 0 Å². The summed E-state index contributed by atoms with van der Waals surface area (Å²) in [4.78, 5) is 16.7. The van der Waals surface area contributed by atoms with Crippen molar-refractivity contribution in [2.75, 3.05) is 19.8 Å². The van der Waals surface area contributed by atoms with E-state index < -0.39 is 29.4 Å². The Hall–Kier alpha value is -3.85. The minimum atomic E-state index is -4.98. The standard InChI is InChI=1S/C25H19F6N3O3/c1-23(12-36-13-23)14-37-22(35)16(9-32)7-17-11-34(21-20(17)3-2-4-33-21)10-15-5-18(24(26,27)28)8-19(6-15)25(29,30)31/h2-8,11H,10,12-14H2,1H3/b16-7+. The Morgan fingerprint density at radius 2 is 1.84 bits per heavy atom. The Bertz CT molecular complexity index is 1380. The van der Waals surface area contributed by atoms with Gasteiger partial charge in [0.05, 0.1) is 24.3 Å². The van der Waals surface area contributed by atoms with Gasteiger partial charge in [-0.3, -0.25) is 0 Å². The summed E-state index contributed by atoms with van der Waals surface area (Å²) in [6.45, 7) is 2.36. The summed E-state index contributed by atoms with van der Waals surface area (Å²) >= 11 is 0. The molecule has 0 aliphatic carbocycles. The third-order valence-electron chi connectivity index (χ3n) is 5.76. The van der Waals surface area contributed by atoms with E-state index >= 15 is 0 Å². The number of ether oxygens (including phenoxy) is 2. The van der Waals surface area contributed by atoms with Crippen LogP contribution in [0.15, 0.2) is 48.3 Å². The molecule has 4 rings (SSSR count). The predicted octanol–water partition coefficient (Wildman–Crippen LogP) is 5.61. The van der Waals surface area contributed by atoms with Gasteiger partial charge in [0.1, 0.15) is 23.9 Å². The van der Waals surface area contributed by atoms with Crippen molar-refractivity contribution in [1.29, 1.82) is 5.26 Å². The van der Waals surface area contributed by atoms with E-state index in [2.05, 4.69) is 4.98 Å². The number of pyridine rings is 1. The lowest BCUT2D eigenvalue weighted by Gasteiger charge is -2.37. The molecule has 1 aliphatic heterocycles. The molecule has 6 nitrogen and oxygen atoms in total. The van der Waals surface area contributed by atoms with Gasteiger partial charge in [-0.05, 0) is 42.0 Å². The minimum absolute atomic E-state index is 0.0469. The van der Waals surface area contributed by atoms with Crippen molar-refractivity contribution in [3.8, 4) is 6.07 Å². The summed E-state index contributed by atoms with van der Waals surface area (Å²) in [5, 5.41) is 9.94. The summed E-state index contributed by atoms with van der Waals surface area (Å²) in [6.07, 6.45) is -5.91. The summed E-state index contributed by atoms with van der Waals surface area (Å²) in [6, 6.07) is 6.28. The molecule has 0 unspecified atom stereocenters. The fraction of sp³-hybridized carbons (Fsp3) is 0.320. The van der Waals surface area contributed by atoms with E-state index in [1.807, 2.05) is 6.92 Å². The molecule has 1 aliphatic rings. The van der Waals surface area contributed by atoms with Crippen molar-refractivity contribution in [2.24, 2.45) is 5.41 Å². The summed E-state index contributed by atoms with van der Waals surface area (Å²) in [5.41, 5.74) is -3.22. The third-order valence-corrected chi connectivity index (χ3v) is 5.76. The lowest BCUT2D eigenvalue weighted by atomic mass is 9.90. The summed E-state index contributed by atoms with van der Waals surface area (Å²) < 4.78 is 91.3. The second-order valence-corrected chi connectivity index (χ2v) is 9.05. The van der Waals surface area contributed by atoms with Crippen molar-refractivity contribution in [2.45, 2.75) is 25.8 Å². The normalized spacial score (nSPS) is 15.8. The number of rotatable bonds is 6. The van der Waals surface area contributed by atoms with E-state index in [9.17, 15) is 36.4 Å². The quantitative estimate of drug-likeness (QED) is 0.182. The average molecular weight is 523 g/mol. The molecule has 194 valence electrons. The van der Waals surface area contributed by atoms with E-state index in [-0.39, 0.29) is 41.4 Å². The molecule has 3 heterocycles. The minimum Gasteiger partial charge on any atom is -0.461 e. The molecule has 37 heavy (non-hydrogen) atoms. The number of halogens is 6. The number of esters is 1. The number of benzene rings is 1. The van der Waals surface area contributed by atoms with Crippen LogP contribution in [0, 0.1) is 16.7 Å². The zero-order valence-corrected chi connectivity index (χ0v) is 19.3. The van der Waals surface area contributed by atoms with Crippen molar-refractivity contribution in [1.82, 2.24) is 9.55 Å². The zero-order valence-electron chi connectivity index (χ0n) is 19.3. The van der Waals surface area contributed by atoms with Crippen LogP contribution in [-0.2, 0) is 33.2 Å². The van der Waals surface area contributed by atoms with Crippen molar-refractivity contribution >= 4 is 23.1 Å². The van der Waals surface area contributed by atoms with Crippen LogP contribution < -0.4 is 0 Å². The van der Waals surface area contributed by atoms with Crippen LogP contribution in [0.5, 0.6) is 0 Å². The first-order chi connectivity index (χ1) is 17.3. The highest BCUT2D eigenvalue weighted by Crippen LogP contribution is 2.37. The molecule has 0 radical (unpaired) electrons. The molecular formula is C25H19F6N3O3. The van der Waals surface area contributed by atoms with Crippen molar-refractivity contribution in [3.63, 3.8) is 0 Å². The van der Waals surface area contributed by atoms with Gasteiger partial charge in [-0.2, -0.15) is 31.6 Å².